The highest BCUT2D eigenvalue weighted by Crippen LogP contribution is 2.23. The van der Waals surface area contributed by atoms with Gasteiger partial charge in [0.2, 0.25) is 0 Å². The Morgan fingerprint density at radius 3 is 2.06 bits per heavy atom. The van der Waals surface area contributed by atoms with Crippen molar-refractivity contribution in [2.75, 3.05) is 0 Å². The lowest BCUT2D eigenvalue weighted by atomic mass is 9.87. The van der Waals surface area contributed by atoms with Gasteiger partial charge in [-0.15, -0.1) is 0 Å². The Morgan fingerprint density at radius 1 is 1.24 bits per heavy atom. The van der Waals surface area contributed by atoms with Gasteiger partial charge in [-0.25, -0.2) is 0 Å². The normalized spacial score (nSPS) is 15.3. The molecule has 1 aromatic rings. The number of hydrogen-bond donors (Lipinski definition) is 1. The highest BCUT2D eigenvalue weighted by Gasteiger charge is 2.21. The van der Waals surface area contributed by atoms with E-state index in [2.05, 4.69) is 20.8 Å². The smallest absolute Gasteiger partial charge is 0.319 e. The van der Waals surface area contributed by atoms with E-state index in [1.165, 1.54) is 6.92 Å². The summed E-state index contributed by atoms with van der Waals surface area (Å²) in [6, 6.07) is 7.30. The monoisotopic (exact) mass is 254 g/mol. The second-order valence-electron chi connectivity index (χ2n) is 5.05. The van der Waals surface area contributed by atoms with Crippen LogP contribution in [0.4, 0.5) is 0 Å². The van der Waals surface area contributed by atoms with Crippen LogP contribution in [0.5, 0.6) is 0 Å². The molecule has 0 spiro atoms. The number of rotatable bonds is 3. The first-order chi connectivity index (χ1) is 7.73. The van der Waals surface area contributed by atoms with Crippen LogP contribution >= 0.6 is 0 Å². The van der Waals surface area contributed by atoms with Crippen molar-refractivity contribution in [1.82, 2.24) is 0 Å². The van der Waals surface area contributed by atoms with E-state index in [1.807, 2.05) is 12.1 Å². The van der Waals surface area contributed by atoms with Crippen LogP contribution < -0.4 is 0 Å². The van der Waals surface area contributed by atoms with Gasteiger partial charge in [0.1, 0.15) is 5.25 Å². The molecule has 0 bridgehead atoms. The molecule has 0 amide bonds. The van der Waals surface area contributed by atoms with E-state index in [0.717, 1.165) is 5.56 Å². The number of carboxylic acids is 1. The molecule has 1 N–H and O–H groups in total. The second-order valence-corrected chi connectivity index (χ2v) is 6.83. The molecule has 0 heterocycles. The molecule has 0 aliphatic heterocycles. The maximum absolute atomic E-state index is 11.9. The van der Waals surface area contributed by atoms with E-state index < -0.39 is 22.0 Å². The van der Waals surface area contributed by atoms with Crippen LogP contribution in [0.1, 0.15) is 33.3 Å². The number of hydrogen-bond acceptors (Lipinski definition) is 2. The number of benzene rings is 1. The maximum atomic E-state index is 11.9. The number of aliphatic carboxylic acids is 1. The average molecular weight is 254 g/mol. The fraction of sp³-hybridized carbons (Fsp3) is 0.462. The quantitative estimate of drug-likeness (QED) is 0.902. The molecule has 2 atom stereocenters. The Hall–Kier alpha value is -1.16. The van der Waals surface area contributed by atoms with Gasteiger partial charge < -0.3 is 5.11 Å². The summed E-state index contributed by atoms with van der Waals surface area (Å²) in [6.07, 6.45) is 0. The van der Waals surface area contributed by atoms with Gasteiger partial charge in [-0.3, -0.25) is 9.00 Å². The van der Waals surface area contributed by atoms with E-state index in [0.29, 0.717) is 4.90 Å². The molecule has 1 aromatic carbocycles. The molecule has 3 nitrogen and oxygen atoms in total. The van der Waals surface area contributed by atoms with E-state index in [4.69, 9.17) is 5.11 Å². The Morgan fingerprint density at radius 2 is 1.71 bits per heavy atom. The van der Waals surface area contributed by atoms with Gasteiger partial charge in [0.15, 0.2) is 0 Å². The van der Waals surface area contributed by atoms with Crippen molar-refractivity contribution in [3.05, 3.63) is 29.8 Å². The van der Waals surface area contributed by atoms with Crippen molar-refractivity contribution in [3.8, 4) is 0 Å². The third kappa shape index (κ3) is 3.40. The third-order valence-corrected chi connectivity index (χ3v) is 4.20. The van der Waals surface area contributed by atoms with Gasteiger partial charge in [-0.05, 0) is 30.0 Å². The third-order valence-electron chi connectivity index (χ3n) is 2.62. The van der Waals surface area contributed by atoms with Crippen molar-refractivity contribution >= 4 is 16.8 Å². The lowest BCUT2D eigenvalue weighted by molar-refractivity contribution is -0.136. The Balaban J connectivity index is 2.96. The SMILES string of the molecule is CC(C(=O)O)S(=O)c1ccc(C(C)(C)C)cc1. The summed E-state index contributed by atoms with van der Waals surface area (Å²) in [5.74, 6) is -1.04. The summed E-state index contributed by atoms with van der Waals surface area (Å²) in [5.41, 5.74) is 1.18. The highest BCUT2D eigenvalue weighted by atomic mass is 32.2. The van der Waals surface area contributed by atoms with Crippen molar-refractivity contribution in [3.63, 3.8) is 0 Å². The Kier molecular flexibility index (Phi) is 4.09. The Bertz CT molecular complexity index is 429. The molecular formula is C13H18O3S. The minimum Gasteiger partial charge on any atom is -0.480 e. The molecule has 0 saturated carbocycles. The summed E-state index contributed by atoms with van der Waals surface area (Å²) in [4.78, 5) is 11.3. The molecule has 4 heteroatoms. The van der Waals surface area contributed by atoms with E-state index in [9.17, 15) is 9.00 Å². The number of carbonyl (C=O) groups is 1. The van der Waals surface area contributed by atoms with Gasteiger partial charge in [0.25, 0.3) is 0 Å². The maximum Gasteiger partial charge on any atom is 0.319 e. The zero-order valence-corrected chi connectivity index (χ0v) is 11.4. The fourth-order valence-corrected chi connectivity index (χ4v) is 2.38. The zero-order chi connectivity index (χ0) is 13.2. The van der Waals surface area contributed by atoms with Crippen LogP contribution in [0.3, 0.4) is 0 Å². The first-order valence-electron chi connectivity index (χ1n) is 5.47. The molecule has 17 heavy (non-hydrogen) atoms. The molecule has 94 valence electrons. The molecule has 1 rings (SSSR count). The predicted molar refractivity (Wildman–Crippen MR) is 68.6 cm³/mol. The lowest BCUT2D eigenvalue weighted by Gasteiger charge is -2.19. The van der Waals surface area contributed by atoms with E-state index >= 15 is 0 Å². The van der Waals surface area contributed by atoms with Crippen LogP contribution in [0.15, 0.2) is 29.2 Å². The van der Waals surface area contributed by atoms with Crippen molar-refractivity contribution in [2.24, 2.45) is 0 Å². The zero-order valence-electron chi connectivity index (χ0n) is 10.6. The molecule has 0 aliphatic rings. The molecular weight excluding hydrogens is 236 g/mol. The predicted octanol–water partition coefficient (Wildman–Crippen LogP) is 2.56. The molecule has 2 unspecified atom stereocenters. The van der Waals surface area contributed by atoms with Gasteiger partial charge in [-0.2, -0.15) is 0 Å². The summed E-state index contributed by atoms with van der Waals surface area (Å²) < 4.78 is 11.9. The van der Waals surface area contributed by atoms with Gasteiger partial charge in [0.05, 0.1) is 10.8 Å². The molecule has 0 fully saturated rings. The summed E-state index contributed by atoms with van der Waals surface area (Å²) in [5, 5.41) is 7.93. The lowest BCUT2D eigenvalue weighted by Crippen LogP contribution is -2.22. The van der Waals surface area contributed by atoms with Gasteiger partial charge >= 0.3 is 5.97 Å². The van der Waals surface area contributed by atoms with Crippen LogP contribution in [0.2, 0.25) is 0 Å². The van der Waals surface area contributed by atoms with Crippen molar-refractivity contribution in [1.29, 1.82) is 0 Å². The van der Waals surface area contributed by atoms with Crippen molar-refractivity contribution < 1.29 is 14.1 Å². The van der Waals surface area contributed by atoms with E-state index in [1.54, 1.807) is 12.1 Å². The summed E-state index contributed by atoms with van der Waals surface area (Å²) >= 11 is 0. The molecule has 0 aromatic heterocycles. The van der Waals surface area contributed by atoms with Crippen molar-refractivity contribution in [2.45, 2.75) is 43.3 Å². The average Bonchev–Trinajstić information content (AvgIpc) is 2.26. The molecule has 0 aliphatic carbocycles. The minimum atomic E-state index is -1.49. The van der Waals surface area contributed by atoms with Gasteiger partial charge in [0, 0.05) is 4.90 Å². The van der Waals surface area contributed by atoms with Crippen LogP contribution in [-0.2, 0) is 21.0 Å². The summed E-state index contributed by atoms with van der Waals surface area (Å²) in [6.45, 7) is 7.74. The molecule has 0 saturated heterocycles. The van der Waals surface area contributed by atoms with Crippen LogP contribution in [0.25, 0.3) is 0 Å². The first-order valence-corrected chi connectivity index (χ1v) is 6.68. The largest absolute Gasteiger partial charge is 0.480 e. The second kappa shape index (κ2) is 5.00. The van der Waals surface area contributed by atoms with Crippen LogP contribution in [0, 0.1) is 0 Å². The highest BCUT2D eigenvalue weighted by molar-refractivity contribution is 7.86. The Labute approximate surface area is 104 Å². The standard InChI is InChI=1S/C13H18O3S/c1-9(12(14)15)17(16)11-7-5-10(6-8-11)13(2,3)4/h5-9H,1-4H3,(H,14,15). The van der Waals surface area contributed by atoms with E-state index in [-0.39, 0.29) is 5.41 Å². The topological polar surface area (TPSA) is 54.4 Å². The fourth-order valence-electron chi connectivity index (χ4n) is 1.38. The number of carboxylic acid groups (broad SMARTS) is 1. The summed E-state index contributed by atoms with van der Waals surface area (Å²) in [7, 11) is -1.49. The van der Waals surface area contributed by atoms with Gasteiger partial charge in [-0.1, -0.05) is 32.9 Å². The first kappa shape index (κ1) is 13.9. The molecule has 0 radical (unpaired) electrons. The van der Waals surface area contributed by atoms with Crippen LogP contribution in [-0.4, -0.2) is 20.5 Å². The minimum absolute atomic E-state index is 0.0401.